The van der Waals surface area contributed by atoms with Gasteiger partial charge in [0.1, 0.15) is 11.6 Å². The summed E-state index contributed by atoms with van der Waals surface area (Å²) in [5.41, 5.74) is -0.515. The predicted molar refractivity (Wildman–Crippen MR) is 80.2 cm³/mol. The minimum Gasteiger partial charge on any atom is -0.480 e. The van der Waals surface area contributed by atoms with E-state index in [1.54, 1.807) is 4.90 Å². The molecule has 0 radical (unpaired) electrons. The van der Waals surface area contributed by atoms with E-state index in [9.17, 15) is 14.7 Å². The molecule has 6 heteroatoms. The first-order chi connectivity index (χ1) is 9.60. The first-order valence-electron chi connectivity index (χ1n) is 7.57. The summed E-state index contributed by atoms with van der Waals surface area (Å²) in [6.45, 7) is 10.4. The van der Waals surface area contributed by atoms with Gasteiger partial charge in [-0.1, -0.05) is 13.8 Å². The lowest BCUT2D eigenvalue weighted by molar-refractivity contribution is -0.141. The zero-order chi connectivity index (χ0) is 16.2. The summed E-state index contributed by atoms with van der Waals surface area (Å²) in [6, 6.07) is -0.594. The van der Waals surface area contributed by atoms with Gasteiger partial charge in [-0.15, -0.1) is 0 Å². The van der Waals surface area contributed by atoms with Crippen LogP contribution in [-0.4, -0.2) is 52.8 Å². The zero-order valence-corrected chi connectivity index (χ0v) is 13.7. The fourth-order valence-electron chi connectivity index (χ4n) is 2.41. The zero-order valence-electron chi connectivity index (χ0n) is 13.7. The van der Waals surface area contributed by atoms with Gasteiger partial charge >= 0.3 is 12.1 Å². The maximum Gasteiger partial charge on any atom is 0.410 e. The van der Waals surface area contributed by atoms with Crippen LogP contribution in [0.1, 0.15) is 47.5 Å². The van der Waals surface area contributed by atoms with Crippen molar-refractivity contribution in [2.45, 2.75) is 65.1 Å². The van der Waals surface area contributed by atoms with Crippen molar-refractivity contribution < 1.29 is 19.4 Å². The van der Waals surface area contributed by atoms with Gasteiger partial charge in [-0.3, -0.25) is 10.1 Å². The fourth-order valence-corrected chi connectivity index (χ4v) is 2.41. The number of aliphatic carboxylic acids is 1. The van der Waals surface area contributed by atoms with Gasteiger partial charge in [-0.2, -0.15) is 0 Å². The average Bonchev–Trinajstić information content (AvgIpc) is 2.33. The summed E-state index contributed by atoms with van der Waals surface area (Å²) < 4.78 is 5.37. The summed E-state index contributed by atoms with van der Waals surface area (Å²) in [5, 5.41) is 12.4. The molecule has 1 aliphatic heterocycles. The number of nitrogens with zero attached hydrogens (tertiary/aromatic N) is 1. The lowest BCUT2D eigenvalue weighted by Crippen LogP contribution is -2.54. The van der Waals surface area contributed by atoms with Gasteiger partial charge in [0.2, 0.25) is 0 Å². The molecular weight excluding hydrogens is 272 g/mol. The summed E-state index contributed by atoms with van der Waals surface area (Å²) in [7, 11) is 0. The Morgan fingerprint density at radius 1 is 1.33 bits per heavy atom. The number of hydrogen-bond donors (Lipinski definition) is 2. The number of carbonyl (C=O) groups is 2. The number of nitrogens with one attached hydrogen (secondary N) is 1. The van der Waals surface area contributed by atoms with Gasteiger partial charge in [-0.05, 0) is 39.5 Å². The van der Waals surface area contributed by atoms with E-state index in [-0.39, 0.29) is 18.1 Å². The molecule has 1 aliphatic rings. The number of carboxylic acids is 1. The number of carboxylic acid groups (broad SMARTS) is 1. The number of carbonyl (C=O) groups excluding carboxylic acids is 1. The fraction of sp³-hybridized carbons (Fsp3) is 0.867. The van der Waals surface area contributed by atoms with E-state index in [2.05, 4.69) is 5.32 Å². The number of rotatable bonds is 4. The van der Waals surface area contributed by atoms with Crippen molar-refractivity contribution >= 4 is 12.1 Å². The molecule has 0 aromatic rings. The van der Waals surface area contributed by atoms with Crippen molar-refractivity contribution in [2.75, 3.05) is 13.1 Å². The Balaban J connectivity index is 2.59. The van der Waals surface area contributed by atoms with Crippen LogP contribution in [0.2, 0.25) is 0 Å². The van der Waals surface area contributed by atoms with Crippen LogP contribution >= 0.6 is 0 Å². The lowest BCUT2D eigenvalue weighted by atomic mass is 10.00. The van der Waals surface area contributed by atoms with Gasteiger partial charge in [0, 0.05) is 19.1 Å². The molecule has 0 spiro atoms. The molecular formula is C15H28N2O4. The Bertz CT molecular complexity index is 376. The standard InChI is InChI=1S/C15H28N2O4/c1-10(2)12(13(18)19)16-11-7-6-8-17(9-11)14(20)21-15(3,4)5/h10-12,16H,6-9H2,1-5H3,(H,18,19). The minimum atomic E-state index is -0.848. The number of ether oxygens (including phenoxy) is 1. The molecule has 1 heterocycles. The first kappa shape index (κ1) is 17.8. The van der Waals surface area contributed by atoms with Gasteiger partial charge < -0.3 is 14.7 Å². The summed E-state index contributed by atoms with van der Waals surface area (Å²) in [5.74, 6) is -0.848. The van der Waals surface area contributed by atoms with Crippen LogP contribution in [0.25, 0.3) is 0 Å². The largest absolute Gasteiger partial charge is 0.480 e. The highest BCUT2D eigenvalue weighted by molar-refractivity contribution is 5.73. The van der Waals surface area contributed by atoms with Crippen molar-refractivity contribution in [1.29, 1.82) is 0 Å². The van der Waals surface area contributed by atoms with Gasteiger partial charge in [0.25, 0.3) is 0 Å². The molecule has 1 fully saturated rings. The highest BCUT2D eigenvalue weighted by atomic mass is 16.6. The molecule has 0 aromatic carbocycles. The molecule has 2 N–H and O–H groups in total. The van der Waals surface area contributed by atoms with Crippen molar-refractivity contribution in [3.8, 4) is 0 Å². The third-order valence-electron chi connectivity index (χ3n) is 3.42. The van der Waals surface area contributed by atoms with Crippen molar-refractivity contribution in [1.82, 2.24) is 10.2 Å². The average molecular weight is 300 g/mol. The van der Waals surface area contributed by atoms with E-state index in [0.717, 1.165) is 12.8 Å². The highest BCUT2D eigenvalue weighted by Crippen LogP contribution is 2.16. The number of piperidine rings is 1. The third-order valence-corrected chi connectivity index (χ3v) is 3.42. The van der Waals surface area contributed by atoms with Crippen LogP contribution in [-0.2, 0) is 9.53 Å². The van der Waals surface area contributed by atoms with E-state index >= 15 is 0 Å². The van der Waals surface area contributed by atoms with Gasteiger partial charge in [-0.25, -0.2) is 4.79 Å². The Morgan fingerprint density at radius 2 is 1.95 bits per heavy atom. The third kappa shape index (κ3) is 5.91. The molecule has 2 atom stereocenters. The SMILES string of the molecule is CC(C)C(NC1CCCN(C(=O)OC(C)(C)C)C1)C(=O)O. The summed E-state index contributed by atoms with van der Waals surface area (Å²) in [6.07, 6.45) is 1.39. The van der Waals surface area contributed by atoms with Crippen molar-refractivity contribution in [3.63, 3.8) is 0 Å². The predicted octanol–water partition coefficient (Wildman–Crippen LogP) is 2.08. The normalized spacial score (nSPS) is 21.2. The molecule has 6 nitrogen and oxygen atoms in total. The van der Waals surface area contributed by atoms with E-state index in [4.69, 9.17) is 4.74 Å². The summed E-state index contributed by atoms with van der Waals surface area (Å²) in [4.78, 5) is 25.0. The molecule has 1 amide bonds. The number of amides is 1. The Hall–Kier alpha value is -1.30. The summed E-state index contributed by atoms with van der Waals surface area (Å²) >= 11 is 0. The Labute approximate surface area is 126 Å². The molecule has 0 aliphatic carbocycles. The van der Waals surface area contributed by atoms with E-state index in [0.29, 0.717) is 13.1 Å². The van der Waals surface area contributed by atoms with E-state index in [1.807, 2.05) is 34.6 Å². The topological polar surface area (TPSA) is 78.9 Å². The van der Waals surface area contributed by atoms with Crippen LogP contribution in [0, 0.1) is 5.92 Å². The smallest absolute Gasteiger partial charge is 0.410 e. The number of hydrogen-bond acceptors (Lipinski definition) is 4. The van der Waals surface area contributed by atoms with Crippen molar-refractivity contribution in [2.24, 2.45) is 5.92 Å². The quantitative estimate of drug-likeness (QED) is 0.831. The maximum atomic E-state index is 12.1. The van der Waals surface area contributed by atoms with Crippen LogP contribution < -0.4 is 5.32 Å². The van der Waals surface area contributed by atoms with Crippen LogP contribution in [0.4, 0.5) is 4.79 Å². The molecule has 0 saturated carbocycles. The maximum absolute atomic E-state index is 12.1. The second kappa shape index (κ2) is 7.11. The molecule has 2 unspecified atom stereocenters. The Morgan fingerprint density at radius 3 is 2.43 bits per heavy atom. The molecule has 122 valence electrons. The molecule has 0 bridgehead atoms. The number of likely N-dealkylation sites (tertiary alicyclic amines) is 1. The van der Waals surface area contributed by atoms with Gasteiger partial charge in [0.05, 0.1) is 0 Å². The monoisotopic (exact) mass is 300 g/mol. The second-order valence-electron chi connectivity index (χ2n) is 6.99. The van der Waals surface area contributed by atoms with E-state index in [1.165, 1.54) is 0 Å². The van der Waals surface area contributed by atoms with Crippen molar-refractivity contribution in [3.05, 3.63) is 0 Å². The Kier molecular flexibility index (Phi) is 6.01. The minimum absolute atomic E-state index is 0.000553. The van der Waals surface area contributed by atoms with Crippen LogP contribution in [0.5, 0.6) is 0 Å². The first-order valence-corrected chi connectivity index (χ1v) is 7.57. The van der Waals surface area contributed by atoms with Crippen LogP contribution in [0.3, 0.4) is 0 Å². The molecule has 1 saturated heterocycles. The molecule has 1 rings (SSSR count). The lowest BCUT2D eigenvalue weighted by Gasteiger charge is -2.36. The van der Waals surface area contributed by atoms with Gasteiger partial charge in [0.15, 0.2) is 0 Å². The molecule has 21 heavy (non-hydrogen) atoms. The highest BCUT2D eigenvalue weighted by Gasteiger charge is 2.31. The second-order valence-corrected chi connectivity index (χ2v) is 6.99. The van der Waals surface area contributed by atoms with Crippen LogP contribution in [0.15, 0.2) is 0 Å². The van der Waals surface area contributed by atoms with E-state index < -0.39 is 17.6 Å². The molecule has 0 aromatic heterocycles.